The number of halogens is 1. The minimum absolute atomic E-state index is 0.0358. The van der Waals surface area contributed by atoms with E-state index in [0.29, 0.717) is 42.0 Å². The average Bonchev–Trinajstić information content (AvgIpc) is 2.98. The molecular formula is C20H23ClN6O. The van der Waals surface area contributed by atoms with Gasteiger partial charge in [-0.1, -0.05) is 23.7 Å². The van der Waals surface area contributed by atoms with Gasteiger partial charge in [0.1, 0.15) is 11.6 Å². The lowest BCUT2D eigenvalue weighted by atomic mass is 10.1. The zero-order chi connectivity index (χ0) is 20.1. The number of anilines is 1. The lowest BCUT2D eigenvalue weighted by molar-refractivity contribution is -0.120. The topological polar surface area (TPSA) is 84.7 Å². The molecule has 3 rings (SSSR count). The minimum atomic E-state index is -0.0358. The number of nitrogens with one attached hydrogen (secondary N) is 2. The van der Waals surface area contributed by atoms with Crippen LogP contribution in [0.5, 0.6) is 0 Å². The first-order valence-corrected chi connectivity index (χ1v) is 9.43. The molecule has 2 N–H and O–H groups in total. The fourth-order valence-corrected chi connectivity index (χ4v) is 2.98. The summed E-state index contributed by atoms with van der Waals surface area (Å²) in [7, 11) is 0. The molecule has 3 aromatic rings. The number of aromatic nitrogens is 4. The van der Waals surface area contributed by atoms with Gasteiger partial charge in [-0.2, -0.15) is 5.10 Å². The van der Waals surface area contributed by atoms with Crippen LogP contribution in [0.15, 0.2) is 36.4 Å². The van der Waals surface area contributed by atoms with Gasteiger partial charge in [0.25, 0.3) is 0 Å². The van der Waals surface area contributed by atoms with Crippen molar-refractivity contribution in [2.45, 2.75) is 27.2 Å². The van der Waals surface area contributed by atoms with Crippen molar-refractivity contribution in [1.82, 2.24) is 25.1 Å². The highest BCUT2D eigenvalue weighted by molar-refractivity contribution is 6.30. The molecule has 0 fully saturated rings. The minimum Gasteiger partial charge on any atom is -0.368 e. The van der Waals surface area contributed by atoms with E-state index in [1.807, 2.05) is 45.0 Å². The number of carbonyl (C=O) groups excluding carboxylic acids is 1. The Kier molecular flexibility index (Phi) is 6.26. The first-order valence-electron chi connectivity index (χ1n) is 9.05. The summed E-state index contributed by atoms with van der Waals surface area (Å²) in [6.45, 7) is 6.82. The third-order valence-corrected chi connectivity index (χ3v) is 4.33. The van der Waals surface area contributed by atoms with E-state index in [4.69, 9.17) is 11.6 Å². The van der Waals surface area contributed by atoms with Crippen LogP contribution >= 0.6 is 11.6 Å². The standard InChI is InChI=1S/C20H23ClN6O/c1-13-10-14(2)27(26-13)19-12-18(24-15(3)25-19)22-8-9-23-20(28)11-16-4-6-17(21)7-5-16/h4-7,10,12H,8-9,11H2,1-3H3,(H,23,28)(H,22,24,25). The number of benzene rings is 1. The number of nitrogens with zero attached hydrogens (tertiary/aromatic N) is 4. The van der Waals surface area contributed by atoms with Crippen molar-refractivity contribution in [2.24, 2.45) is 0 Å². The molecule has 2 aromatic heterocycles. The van der Waals surface area contributed by atoms with Crippen LogP contribution in [0.4, 0.5) is 5.82 Å². The highest BCUT2D eigenvalue weighted by atomic mass is 35.5. The Bertz CT molecular complexity index is 967. The van der Waals surface area contributed by atoms with Crippen LogP contribution in [0.25, 0.3) is 5.82 Å². The summed E-state index contributed by atoms with van der Waals surface area (Å²) in [4.78, 5) is 20.9. The fourth-order valence-electron chi connectivity index (χ4n) is 2.85. The summed E-state index contributed by atoms with van der Waals surface area (Å²) in [5.74, 6) is 2.03. The van der Waals surface area contributed by atoms with Gasteiger partial charge in [-0.3, -0.25) is 4.79 Å². The third kappa shape index (κ3) is 5.29. The quantitative estimate of drug-likeness (QED) is 0.597. The molecule has 1 amide bonds. The van der Waals surface area contributed by atoms with Crippen LogP contribution in [0.2, 0.25) is 5.02 Å². The highest BCUT2D eigenvalue weighted by Gasteiger charge is 2.08. The Hall–Kier alpha value is -2.93. The molecule has 0 spiro atoms. The predicted molar refractivity (Wildman–Crippen MR) is 110 cm³/mol. The maximum atomic E-state index is 12.0. The summed E-state index contributed by atoms with van der Waals surface area (Å²) in [6.07, 6.45) is 0.325. The summed E-state index contributed by atoms with van der Waals surface area (Å²) < 4.78 is 1.79. The molecule has 7 nitrogen and oxygen atoms in total. The number of hydrogen-bond donors (Lipinski definition) is 2. The first kappa shape index (κ1) is 19.8. The highest BCUT2D eigenvalue weighted by Crippen LogP contribution is 2.14. The van der Waals surface area contributed by atoms with E-state index in [1.54, 1.807) is 16.8 Å². The first-order chi connectivity index (χ1) is 13.4. The number of carbonyl (C=O) groups is 1. The Balaban J connectivity index is 1.52. The second kappa shape index (κ2) is 8.84. The maximum absolute atomic E-state index is 12.0. The maximum Gasteiger partial charge on any atom is 0.224 e. The Morgan fingerprint density at radius 3 is 2.50 bits per heavy atom. The summed E-state index contributed by atoms with van der Waals surface area (Å²) >= 11 is 5.86. The molecule has 0 radical (unpaired) electrons. The van der Waals surface area contributed by atoms with Gasteiger partial charge in [0.2, 0.25) is 5.91 Å². The van der Waals surface area contributed by atoms with Crippen LogP contribution in [0.3, 0.4) is 0 Å². The fraction of sp³-hybridized carbons (Fsp3) is 0.300. The molecule has 0 bridgehead atoms. The molecule has 28 heavy (non-hydrogen) atoms. The molecule has 0 aliphatic rings. The number of rotatable bonds is 7. The monoisotopic (exact) mass is 398 g/mol. The van der Waals surface area contributed by atoms with Gasteiger partial charge in [0.05, 0.1) is 12.1 Å². The molecule has 0 aliphatic heterocycles. The van der Waals surface area contributed by atoms with Crippen molar-refractivity contribution in [2.75, 3.05) is 18.4 Å². The van der Waals surface area contributed by atoms with Gasteiger partial charge in [-0.25, -0.2) is 14.6 Å². The zero-order valence-electron chi connectivity index (χ0n) is 16.2. The van der Waals surface area contributed by atoms with E-state index < -0.39 is 0 Å². The van der Waals surface area contributed by atoms with Gasteiger partial charge in [-0.05, 0) is 44.5 Å². The molecular weight excluding hydrogens is 376 g/mol. The summed E-state index contributed by atoms with van der Waals surface area (Å²) in [5, 5.41) is 11.2. The molecule has 8 heteroatoms. The van der Waals surface area contributed by atoms with Crippen molar-refractivity contribution in [3.8, 4) is 5.82 Å². The van der Waals surface area contributed by atoms with E-state index in [2.05, 4.69) is 25.7 Å². The molecule has 0 atom stereocenters. The average molecular weight is 399 g/mol. The largest absolute Gasteiger partial charge is 0.368 e. The Morgan fingerprint density at radius 1 is 1.07 bits per heavy atom. The molecule has 0 saturated carbocycles. The molecule has 2 heterocycles. The summed E-state index contributed by atoms with van der Waals surface area (Å²) in [6, 6.07) is 11.1. The van der Waals surface area contributed by atoms with Crippen molar-refractivity contribution in [3.05, 3.63) is 64.2 Å². The van der Waals surface area contributed by atoms with Crippen molar-refractivity contribution in [1.29, 1.82) is 0 Å². The van der Waals surface area contributed by atoms with E-state index in [-0.39, 0.29) is 5.91 Å². The van der Waals surface area contributed by atoms with Gasteiger partial charge in [-0.15, -0.1) is 0 Å². The van der Waals surface area contributed by atoms with Gasteiger partial charge < -0.3 is 10.6 Å². The van der Waals surface area contributed by atoms with Crippen LogP contribution in [-0.4, -0.2) is 38.7 Å². The normalized spacial score (nSPS) is 10.7. The molecule has 0 unspecified atom stereocenters. The van der Waals surface area contributed by atoms with E-state index in [1.165, 1.54) is 0 Å². The van der Waals surface area contributed by atoms with E-state index in [0.717, 1.165) is 17.0 Å². The number of amides is 1. The van der Waals surface area contributed by atoms with Crippen LogP contribution in [0.1, 0.15) is 22.8 Å². The van der Waals surface area contributed by atoms with Crippen LogP contribution in [0, 0.1) is 20.8 Å². The zero-order valence-corrected chi connectivity index (χ0v) is 16.9. The van der Waals surface area contributed by atoms with E-state index >= 15 is 0 Å². The second-order valence-electron chi connectivity index (χ2n) is 6.58. The number of aryl methyl sites for hydroxylation is 3. The van der Waals surface area contributed by atoms with Crippen LogP contribution in [-0.2, 0) is 11.2 Å². The number of hydrogen-bond acceptors (Lipinski definition) is 5. The Morgan fingerprint density at radius 2 is 1.82 bits per heavy atom. The lowest BCUT2D eigenvalue weighted by Gasteiger charge is -2.10. The molecule has 0 aliphatic carbocycles. The molecule has 1 aromatic carbocycles. The second-order valence-corrected chi connectivity index (χ2v) is 7.01. The summed E-state index contributed by atoms with van der Waals surface area (Å²) in [5.41, 5.74) is 2.87. The van der Waals surface area contributed by atoms with Crippen molar-refractivity contribution < 1.29 is 4.79 Å². The molecule has 146 valence electrons. The van der Waals surface area contributed by atoms with Crippen LogP contribution < -0.4 is 10.6 Å². The van der Waals surface area contributed by atoms with E-state index in [9.17, 15) is 4.79 Å². The predicted octanol–water partition coefficient (Wildman–Crippen LogP) is 3.01. The van der Waals surface area contributed by atoms with Crippen molar-refractivity contribution in [3.63, 3.8) is 0 Å². The van der Waals surface area contributed by atoms with Gasteiger partial charge in [0, 0.05) is 29.9 Å². The third-order valence-electron chi connectivity index (χ3n) is 4.08. The lowest BCUT2D eigenvalue weighted by Crippen LogP contribution is -2.30. The van der Waals surface area contributed by atoms with Gasteiger partial charge >= 0.3 is 0 Å². The smallest absolute Gasteiger partial charge is 0.224 e. The Labute approximate surface area is 169 Å². The SMILES string of the molecule is Cc1cc(C)n(-c2cc(NCCNC(=O)Cc3ccc(Cl)cc3)nc(C)n2)n1. The molecule has 0 saturated heterocycles. The van der Waals surface area contributed by atoms with Gasteiger partial charge in [0.15, 0.2) is 5.82 Å². The van der Waals surface area contributed by atoms with Crippen molar-refractivity contribution >= 4 is 23.3 Å².